The summed E-state index contributed by atoms with van der Waals surface area (Å²) in [6.45, 7) is 0. The maximum Gasteiger partial charge on any atom is 0.231 e. The third-order valence-electron chi connectivity index (χ3n) is 2.91. The second kappa shape index (κ2) is 6.81. The van der Waals surface area contributed by atoms with Crippen LogP contribution in [0.3, 0.4) is 0 Å². The first-order chi connectivity index (χ1) is 10.7. The number of benzene rings is 1. The van der Waals surface area contributed by atoms with E-state index < -0.39 is 0 Å². The van der Waals surface area contributed by atoms with Crippen LogP contribution in [0.25, 0.3) is 10.6 Å². The first-order valence-corrected chi connectivity index (χ1v) is 8.29. The normalized spacial score (nSPS) is 10.4. The van der Waals surface area contributed by atoms with E-state index in [1.165, 1.54) is 11.3 Å². The van der Waals surface area contributed by atoms with Crippen LogP contribution < -0.4 is 5.32 Å². The van der Waals surface area contributed by atoms with Gasteiger partial charge in [0, 0.05) is 21.6 Å². The molecule has 0 unspecified atom stereocenters. The van der Waals surface area contributed by atoms with Crippen LogP contribution in [-0.4, -0.2) is 15.9 Å². The van der Waals surface area contributed by atoms with E-state index in [9.17, 15) is 4.79 Å². The Morgan fingerprint density at radius 3 is 2.73 bits per heavy atom. The van der Waals surface area contributed by atoms with E-state index in [1.807, 2.05) is 41.8 Å². The second-order valence-electron chi connectivity index (χ2n) is 4.60. The fourth-order valence-corrected chi connectivity index (χ4v) is 2.96. The average molecular weight is 374 g/mol. The molecule has 0 saturated heterocycles. The Bertz CT molecular complexity index is 772. The first kappa shape index (κ1) is 14.9. The number of nitrogens with zero attached hydrogens (tertiary/aromatic N) is 2. The van der Waals surface area contributed by atoms with Gasteiger partial charge in [0.25, 0.3) is 0 Å². The molecule has 3 rings (SSSR count). The summed E-state index contributed by atoms with van der Waals surface area (Å²) in [7, 11) is 0. The zero-order valence-corrected chi connectivity index (χ0v) is 13.9. The molecule has 6 heteroatoms. The molecule has 0 aliphatic rings. The fraction of sp³-hybridized carbons (Fsp3) is 0.0625. The van der Waals surface area contributed by atoms with Gasteiger partial charge in [-0.2, -0.15) is 0 Å². The molecule has 1 amide bonds. The number of aromatic nitrogens is 2. The molecule has 1 N–H and O–H groups in total. The van der Waals surface area contributed by atoms with Crippen LogP contribution in [-0.2, 0) is 11.2 Å². The van der Waals surface area contributed by atoms with E-state index >= 15 is 0 Å². The lowest BCUT2D eigenvalue weighted by atomic mass is 10.2. The van der Waals surface area contributed by atoms with Crippen LogP contribution in [0.1, 0.15) is 5.69 Å². The van der Waals surface area contributed by atoms with Crippen LogP contribution in [0.4, 0.5) is 5.82 Å². The highest BCUT2D eigenvalue weighted by atomic mass is 79.9. The standard InChI is InChI=1S/C16H12BrN3OS/c17-12-6-7-14(18-9-12)20-15(21)8-13-10-22-16(19-13)11-4-2-1-3-5-11/h1-7,9-10H,8H2,(H,18,20,21). The van der Waals surface area contributed by atoms with Crippen molar-refractivity contribution >= 4 is 39.0 Å². The predicted octanol–water partition coefficient (Wildman–Crippen LogP) is 4.15. The molecule has 0 spiro atoms. The lowest BCUT2D eigenvalue weighted by molar-refractivity contribution is -0.115. The minimum Gasteiger partial charge on any atom is -0.310 e. The van der Waals surface area contributed by atoms with E-state index in [2.05, 4.69) is 31.2 Å². The minimum atomic E-state index is -0.125. The lowest BCUT2D eigenvalue weighted by Gasteiger charge is -2.02. The number of rotatable bonds is 4. The number of pyridine rings is 1. The van der Waals surface area contributed by atoms with E-state index in [0.717, 1.165) is 20.7 Å². The highest BCUT2D eigenvalue weighted by molar-refractivity contribution is 9.10. The number of nitrogens with one attached hydrogen (secondary N) is 1. The number of carbonyl (C=O) groups is 1. The van der Waals surface area contributed by atoms with Gasteiger partial charge < -0.3 is 5.32 Å². The molecule has 0 radical (unpaired) electrons. The van der Waals surface area contributed by atoms with Crippen molar-refractivity contribution in [3.05, 3.63) is 64.2 Å². The van der Waals surface area contributed by atoms with Gasteiger partial charge >= 0.3 is 0 Å². The Morgan fingerprint density at radius 2 is 2.00 bits per heavy atom. The van der Waals surface area contributed by atoms with Gasteiger partial charge in [-0.1, -0.05) is 30.3 Å². The van der Waals surface area contributed by atoms with Gasteiger partial charge in [0.2, 0.25) is 5.91 Å². The van der Waals surface area contributed by atoms with Crippen molar-refractivity contribution in [1.82, 2.24) is 9.97 Å². The fourth-order valence-electron chi connectivity index (χ4n) is 1.90. The Kier molecular flexibility index (Phi) is 4.60. The molecule has 0 fully saturated rings. The Balaban J connectivity index is 1.65. The minimum absolute atomic E-state index is 0.125. The largest absolute Gasteiger partial charge is 0.310 e. The Labute approximate surface area is 140 Å². The molecule has 110 valence electrons. The SMILES string of the molecule is O=C(Cc1csc(-c2ccccc2)n1)Nc1ccc(Br)cn1. The summed E-state index contributed by atoms with van der Waals surface area (Å²) in [4.78, 5) is 20.6. The summed E-state index contributed by atoms with van der Waals surface area (Å²) in [5.41, 5.74) is 1.83. The van der Waals surface area contributed by atoms with Gasteiger partial charge in [-0.3, -0.25) is 4.79 Å². The predicted molar refractivity (Wildman–Crippen MR) is 91.8 cm³/mol. The number of amides is 1. The molecule has 0 bridgehead atoms. The van der Waals surface area contributed by atoms with Crippen LogP contribution in [0.5, 0.6) is 0 Å². The quantitative estimate of drug-likeness (QED) is 0.747. The van der Waals surface area contributed by atoms with Crippen LogP contribution >= 0.6 is 27.3 Å². The number of carbonyl (C=O) groups excluding carboxylic acids is 1. The van der Waals surface area contributed by atoms with Crippen LogP contribution in [0, 0.1) is 0 Å². The van der Waals surface area contributed by atoms with Crippen molar-refractivity contribution in [3.8, 4) is 10.6 Å². The van der Waals surface area contributed by atoms with Gasteiger partial charge in [0.05, 0.1) is 12.1 Å². The molecular weight excluding hydrogens is 362 g/mol. The molecule has 1 aromatic carbocycles. The highest BCUT2D eigenvalue weighted by Gasteiger charge is 2.09. The van der Waals surface area contributed by atoms with E-state index in [-0.39, 0.29) is 12.3 Å². The number of halogens is 1. The summed E-state index contributed by atoms with van der Waals surface area (Å²) in [5, 5.41) is 5.60. The van der Waals surface area contributed by atoms with Crippen molar-refractivity contribution in [2.45, 2.75) is 6.42 Å². The summed E-state index contributed by atoms with van der Waals surface area (Å²) >= 11 is 4.85. The molecule has 4 nitrogen and oxygen atoms in total. The summed E-state index contributed by atoms with van der Waals surface area (Å²) in [5.74, 6) is 0.409. The number of hydrogen-bond donors (Lipinski definition) is 1. The number of hydrogen-bond acceptors (Lipinski definition) is 4. The van der Waals surface area contributed by atoms with Gasteiger partial charge in [0.1, 0.15) is 10.8 Å². The molecule has 3 aromatic rings. The Hall–Kier alpha value is -2.05. The molecular formula is C16H12BrN3OS. The third kappa shape index (κ3) is 3.78. The van der Waals surface area contributed by atoms with E-state index in [0.29, 0.717) is 5.82 Å². The van der Waals surface area contributed by atoms with Gasteiger partial charge in [0.15, 0.2) is 0 Å². The third-order valence-corrected chi connectivity index (χ3v) is 4.32. The topological polar surface area (TPSA) is 54.9 Å². The van der Waals surface area contributed by atoms with E-state index in [1.54, 1.807) is 12.3 Å². The van der Waals surface area contributed by atoms with Crippen LogP contribution in [0.15, 0.2) is 58.5 Å². The smallest absolute Gasteiger partial charge is 0.231 e. The van der Waals surface area contributed by atoms with Crippen molar-refractivity contribution < 1.29 is 4.79 Å². The van der Waals surface area contributed by atoms with Gasteiger partial charge in [-0.15, -0.1) is 11.3 Å². The molecule has 0 aliphatic heterocycles. The zero-order chi connectivity index (χ0) is 15.4. The molecule has 0 saturated carbocycles. The van der Waals surface area contributed by atoms with Crippen molar-refractivity contribution in [3.63, 3.8) is 0 Å². The van der Waals surface area contributed by atoms with Crippen molar-refractivity contribution in [2.24, 2.45) is 0 Å². The summed E-state index contributed by atoms with van der Waals surface area (Å²) in [6.07, 6.45) is 1.88. The molecule has 0 atom stereocenters. The van der Waals surface area contributed by atoms with Gasteiger partial charge in [-0.05, 0) is 28.1 Å². The molecule has 2 heterocycles. The molecule has 22 heavy (non-hydrogen) atoms. The average Bonchev–Trinajstić information content (AvgIpc) is 2.99. The summed E-state index contributed by atoms with van der Waals surface area (Å²) < 4.78 is 0.873. The Morgan fingerprint density at radius 1 is 1.18 bits per heavy atom. The van der Waals surface area contributed by atoms with Gasteiger partial charge in [-0.25, -0.2) is 9.97 Å². The van der Waals surface area contributed by atoms with Crippen molar-refractivity contribution in [1.29, 1.82) is 0 Å². The maximum atomic E-state index is 12.0. The first-order valence-electron chi connectivity index (χ1n) is 6.62. The van der Waals surface area contributed by atoms with Crippen molar-refractivity contribution in [2.75, 3.05) is 5.32 Å². The number of thiazole rings is 1. The van der Waals surface area contributed by atoms with Crippen LogP contribution in [0.2, 0.25) is 0 Å². The highest BCUT2D eigenvalue weighted by Crippen LogP contribution is 2.23. The number of anilines is 1. The molecule has 0 aliphatic carbocycles. The lowest BCUT2D eigenvalue weighted by Crippen LogP contribution is -2.15. The molecule has 2 aromatic heterocycles. The second-order valence-corrected chi connectivity index (χ2v) is 6.37. The van der Waals surface area contributed by atoms with E-state index in [4.69, 9.17) is 0 Å². The maximum absolute atomic E-state index is 12.0. The monoisotopic (exact) mass is 373 g/mol. The summed E-state index contributed by atoms with van der Waals surface area (Å²) in [6, 6.07) is 13.5. The zero-order valence-electron chi connectivity index (χ0n) is 11.5.